The van der Waals surface area contributed by atoms with E-state index >= 15 is 0 Å². The Bertz CT molecular complexity index is 982. The fourth-order valence-corrected chi connectivity index (χ4v) is 9.40. The Kier molecular flexibility index (Phi) is 6.68. The largest absolute Gasteiger partial charge is 0.392 e. The Labute approximate surface area is 222 Å². The second-order valence-electron chi connectivity index (χ2n) is 14.2. The number of hydrogen-bond donors (Lipinski definition) is 2. The van der Waals surface area contributed by atoms with Crippen LogP contribution in [0, 0.1) is 45.8 Å². The molecule has 11 atom stereocenters. The van der Waals surface area contributed by atoms with Crippen LogP contribution in [0.4, 0.5) is 0 Å². The molecule has 6 nitrogen and oxygen atoms in total. The van der Waals surface area contributed by atoms with Gasteiger partial charge in [0.2, 0.25) is 0 Å². The maximum Gasteiger partial charge on any atom is 0.161 e. The second kappa shape index (κ2) is 8.99. The van der Waals surface area contributed by atoms with Crippen molar-refractivity contribution in [3.63, 3.8) is 0 Å². The number of ether oxygens (including phenoxy) is 3. The summed E-state index contributed by atoms with van der Waals surface area (Å²) in [6, 6.07) is 0. The number of hydrogen-bond acceptors (Lipinski definition) is 6. The molecule has 1 aliphatic heterocycles. The molecular weight excluding hydrogens is 468 g/mol. The maximum atomic E-state index is 12.8. The summed E-state index contributed by atoms with van der Waals surface area (Å²) in [5, 5.41) is 22.7. The molecular formula is C31H48O6. The number of fused-ring (bicyclic) bond motifs is 5. The van der Waals surface area contributed by atoms with E-state index in [1.54, 1.807) is 14.2 Å². The Balaban J connectivity index is 1.42. The highest BCUT2D eigenvalue weighted by atomic mass is 16.7. The summed E-state index contributed by atoms with van der Waals surface area (Å²) in [7, 11) is 3.32. The summed E-state index contributed by atoms with van der Waals surface area (Å²) in [6.45, 7) is 12.6. The van der Waals surface area contributed by atoms with E-state index in [0.717, 1.165) is 25.7 Å². The van der Waals surface area contributed by atoms with Gasteiger partial charge in [-0.15, -0.1) is 0 Å². The van der Waals surface area contributed by atoms with Crippen LogP contribution in [-0.4, -0.2) is 60.4 Å². The van der Waals surface area contributed by atoms with Crippen molar-refractivity contribution in [1.82, 2.24) is 0 Å². The van der Waals surface area contributed by atoms with Gasteiger partial charge in [0.1, 0.15) is 6.10 Å². The number of ketones is 1. The summed E-state index contributed by atoms with van der Waals surface area (Å²) >= 11 is 0. The number of methoxy groups -OCH3 is 2. The van der Waals surface area contributed by atoms with Crippen molar-refractivity contribution in [3.05, 3.63) is 23.8 Å². The molecule has 2 saturated carbocycles. The molecule has 0 bridgehead atoms. The van der Waals surface area contributed by atoms with Crippen LogP contribution in [-0.2, 0) is 19.0 Å². The molecule has 0 amide bonds. The van der Waals surface area contributed by atoms with Gasteiger partial charge in [-0.25, -0.2) is 0 Å². The minimum atomic E-state index is -0.751. The molecule has 0 aromatic heterocycles. The van der Waals surface area contributed by atoms with Gasteiger partial charge in [-0.2, -0.15) is 0 Å². The van der Waals surface area contributed by atoms with Crippen LogP contribution >= 0.6 is 0 Å². The molecule has 208 valence electrons. The average molecular weight is 517 g/mol. The number of allylic oxidation sites excluding steroid dienone is 3. The van der Waals surface area contributed by atoms with Crippen molar-refractivity contribution < 1.29 is 29.2 Å². The molecule has 6 heteroatoms. The van der Waals surface area contributed by atoms with E-state index in [0.29, 0.717) is 18.3 Å². The van der Waals surface area contributed by atoms with E-state index in [4.69, 9.17) is 14.2 Å². The number of rotatable bonds is 5. The minimum absolute atomic E-state index is 0.0452. The lowest BCUT2D eigenvalue weighted by molar-refractivity contribution is -0.188. The predicted octanol–water partition coefficient (Wildman–Crippen LogP) is 4.68. The Morgan fingerprint density at radius 2 is 1.84 bits per heavy atom. The first kappa shape index (κ1) is 27.5. The van der Waals surface area contributed by atoms with E-state index in [1.807, 2.05) is 19.9 Å². The number of carbonyl (C=O) groups excluding carboxylic acids is 1. The normalized spacial score (nSPS) is 47.7. The van der Waals surface area contributed by atoms with Gasteiger partial charge in [-0.05, 0) is 80.6 Å². The van der Waals surface area contributed by atoms with Crippen molar-refractivity contribution in [2.24, 2.45) is 45.8 Å². The van der Waals surface area contributed by atoms with Gasteiger partial charge in [0.25, 0.3) is 0 Å². The molecule has 37 heavy (non-hydrogen) atoms. The van der Waals surface area contributed by atoms with E-state index in [2.05, 4.69) is 39.8 Å². The quantitative estimate of drug-likeness (QED) is 0.516. The summed E-state index contributed by atoms with van der Waals surface area (Å²) in [6.07, 6.45) is 8.89. The van der Waals surface area contributed by atoms with E-state index in [1.165, 1.54) is 5.57 Å². The van der Waals surface area contributed by atoms with Crippen molar-refractivity contribution in [2.45, 2.75) is 104 Å². The van der Waals surface area contributed by atoms with Gasteiger partial charge in [-0.1, -0.05) is 45.4 Å². The van der Waals surface area contributed by atoms with Gasteiger partial charge in [0.05, 0.1) is 17.8 Å². The molecule has 2 N–H and O–H groups in total. The Morgan fingerprint density at radius 3 is 2.49 bits per heavy atom. The fourth-order valence-electron chi connectivity index (χ4n) is 9.40. The van der Waals surface area contributed by atoms with Gasteiger partial charge < -0.3 is 24.4 Å². The standard InChI is InChI=1S/C31H48O6/c1-28(2)23-16-21(32)25-19-10-9-18(17-15-22(37-27(17)35-7)26(34)29(3,4)36-8)30(19,5)13-11-20(25)31(23,6)14-12-24(28)33/h10,12,14,17-18,20-23,25-27,32,34H,9,11,13,15-16H2,1-8H3. The Morgan fingerprint density at radius 1 is 1.14 bits per heavy atom. The molecule has 0 aromatic carbocycles. The molecule has 1 saturated heterocycles. The highest BCUT2D eigenvalue weighted by molar-refractivity contribution is 5.95. The zero-order valence-electron chi connectivity index (χ0n) is 24.0. The zero-order valence-corrected chi connectivity index (χ0v) is 24.0. The van der Waals surface area contributed by atoms with Gasteiger partial charge in [0, 0.05) is 31.5 Å². The van der Waals surface area contributed by atoms with Crippen molar-refractivity contribution >= 4 is 5.78 Å². The summed E-state index contributed by atoms with van der Waals surface area (Å²) in [4.78, 5) is 12.8. The summed E-state index contributed by atoms with van der Waals surface area (Å²) in [5.74, 6) is 1.23. The van der Waals surface area contributed by atoms with Crippen LogP contribution in [0.15, 0.2) is 23.8 Å². The summed E-state index contributed by atoms with van der Waals surface area (Å²) in [5.41, 5.74) is 0.0892. The lowest BCUT2D eigenvalue weighted by Crippen LogP contribution is -2.59. The van der Waals surface area contributed by atoms with Crippen LogP contribution in [0.1, 0.15) is 73.6 Å². The van der Waals surface area contributed by atoms with Crippen molar-refractivity contribution in [3.8, 4) is 0 Å². The highest BCUT2D eigenvalue weighted by Gasteiger charge is 2.64. The highest BCUT2D eigenvalue weighted by Crippen LogP contribution is 2.68. The minimum Gasteiger partial charge on any atom is -0.392 e. The Hall–Kier alpha value is -1.05. The molecule has 5 aliphatic rings. The van der Waals surface area contributed by atoms with Gasteiger partial charge in [-0.3, -0.25) is 4.79 Å². The first-order valence-corrected chi connectivity index (χ1v) is 14.3. The fraction of sp³-hybridized carbons (Fsp3) is 0.839. The van der Waals surface area contributed by atoms with E-state index in [-0.39, 0.29) is 46.8 Å². The third kappa shape index (κ3) is 3.88. The molecule has 1 heterocycles. The zero-order chi connectivity index (χ0) is 27.1. The molecule has 0 spiro atoms. The number of aliphatic hydroxyl groups excluding tert-OH is 2. The lowest BCUT2D eigenvalue weighted by Gasteiger charge is -2.61. The molecule has 5 rings (SSSR count). The second-order valence-corrected chi connectivity index (χ2v) is 14.2. The smallest absolute Gasteiger partial charge is 0.161 e. The van der Waals surface area contributed by atoms with Crippen LogP contribution in [0.25, 0.3) is 0 Å². The summed E-state index contributed by atoms with van der Waals surface area (Å²) < 4.78 is 17.7. The molecule has 11 unspecified atom stereocenters. The maximum absolute atomic E-state index is 12.8. The van der Waals surface area contributed by atoms with Gasteiger partial charge >= 0.3 is 0 Å². The third-order valence-corrected chi connectivity index (χ3v) is 11.9. The number of aliphatic hydroxyl groups is 2. The molecule has 3 fully saturated rings. The number of carbonyl (C=O) groups is 1. The SMILES string of the molecule is COC1OC(C(O)C(C)(C)OC)CC1C1CC=C2C3C(O)CC4C(C)(C)C(=O)C=CC4(C)C3CCC21C. The lowest BCUT2D eigenvalue weighted by atomic mass is 9.43. The average Bonchev–Trinajstić information content (AvgIpc) is 3.43. The van der Waals surface area contributed by atoms with Crippen LogP contribution in [0.3, 0.4) is 0 Å². The van der Waals surface area contributed by atoms with E-state index < -0.39 is 23.2 Å². The first-order chi connectivity index (χ1) is 17.2. The van der Waals surface area contributed by atoms with Crippen LogP contribution < -0.4 is 0 Å². The monoisotopic (exact) mass is 516 g/mol. The topological polar surface area (TPSA) is 85.2 Å². The third-order valence-electron chi connectivity index (χ3n) is 11.9. The van der Waals surface area contributed by atoms with Crippen LogP contribution in [0.2, 0.25) is 0 Å². The van der Waals surface area contributed by atoms with Gasteiger partial charge in [0.15, 0.2) is 12.1 Å². The van der Waals surface area contributed by atoms with E-state index in [9.17, 15) is 15.0 Å². The van der Waals surface area contributed by atoms with Crippen molar-refractivity contribution in [1.29, 1.82) is 0 Å². The molecule has 4 aliphatic carbocycles. The molecule has 0 radical (unpaired) electrons. The van der Waals surface area contributed by atoms with Crippen LogP contribution in [0.5, 0.6) is 0 Å². The first-order valence-electron chi connectivity index (χ1n) is 14.3. The molecule has 0 aromatic rings. The predicted molar refractivity (Wildman–Crippen MR) is 142 cm³/mol. The van der Waals surface area contributed by atoms with Crippen molar-refractivity contribution in [2.75, 3.05) is 14.2 Å².